The average molecular weight is 284 g/mol. The molecular formula is C16H20N4O. The highest BCUT2D eigenvalue weighted by molar-refractivity contribution is 5.73. The number of benzene rings is 1. The SMILES string of the molecule is CN(CCNC(=O)NCc1ccccn1)c1ccccc1. The Labute approximate surface area is 125 Å². The Hall–Kier alpha value is -2.56. The molecule has 2 N–H and O–H groups in total. The molecule has 0 radical (unpaired) electrons. The number of carbonyl (C=O) groups is 1. The first-order chi connectivity index (χ1) is 10.3. The Morgan fingerprint density at radius 3 is 2.57 bits per heavy atom. The first-order valence-electron chi connectivity index (χ1n) is 6.93. The molecule has 2 amide bonds. The molecule has 2 aromatic rings. The van der Waals surface area contributed by atoms with Crippen molar-refractivity contribution in [3.05, 3.63) is 60.4 Å². The standard InChI is InChI=1S/C16H20N4O/c1-20(15-8-3-2-4-9-15)12-11-18-16(21)19-13-14-7-5-6-10-17-14/h2-10H,11-13H2,1H3,(H2,18,19,21). The minimum atomic E-state index is -0.179. The number of aromatic nitrogens is 1. The van der Waals surface area contributed by atoms with Crippen LogP contribution in [0.3, 0.4) is 0 Å². The summed E-state index contributed by atoms with van der Waals surface area (Å²) in [5, 5.41) is 5.62. The molecular weight excluding hydrogens is 264 g/mol. The maximum atomic E-state index is 11.7. The molecule has 2 rings (SSSR count). The Morgan fingerprint density at radius 1 is 1.10 bits per heavy atom. The van der Waals surface area contributed by atoms with Gasteiger partial charge in [0.15, 0.2) is 0 Å². The maximum Gasteiger partial charge on any atom is 0.315 e. The molecule has 5 nitrogen and oxygen atoms in total. The van der Waals surface area contributed by atoms with Crippen LogP contribution in [0, 0.1) is 0 Å². The van der Waals surface area contributed by atoms with Crippen molar-refractivity contribution >= 4 is 11.7 Å². The van der Waals surface area contributed by atoms with E-state index in [2.05, 4.69) is 20.5 Å². The quantitative estimate of drug-likeness (QED) is 0.853. The van der Waals surface area contributed by atoms with E-state index in [4.69, 9.17) is 0 Å². The Balaban J connectivity index is 1.65. The van der Waals surface area contributed by atoms with Gasteiger partial charge in [-0.3, -0.25) is 4.98 Å². The number of carbonyl (C=O) groups excluding carboxylic acids is 1. The lowest BCUT2D eigenvalue weighted by Crippen LogP contribution is -2.39. The van der Waals surface area contributed by atoms with Crippen LogP contribution < -0.4 is 15.5 Å². The monoisotopic (exact) mass is 284 g/mol. The van der Waals surface area contributed by atoms with E-state index in [0.29, 0.717) is 13.1 Å². The van der Waals surface area contributed by atoms with Gasteiger partial charge in [0.25, 0.3) is 0 Å². The van der Waals surface area contributed by atoms with E-state index in [1.54, 1.807) is 6.20 Å². The molecule has 0 unspecified atom stereocenters. The van der Waals surface area contributed by atoms with Crippen molar-refractivity contribution < 1.29 is 4.79 Å². The Bertz CT molecular complexity index is 545. The number of anilines is 1. The van der Waals surface area contributed by atoms with Crippen LogP contribution in [0.25, 0.3) is 0 Å². The van der Waals surface area contributed by atoms with E-state index < -0.39 is 0 Å². The summed E-state index contributed by atoms with van der Waals surface area (Å²) in [5.41, 5.74) is 1.97. The van der Waals surface area contributed by atoms with Crippen molar-refractivity contribution in [1.82, 2.24) is 15.6 Å². The number of nitrogens with zero attached hydrogens (tertiary/aromatic N) is 2. The average Bonchev–Trinajstić information content (AvgIpc) is 2.54. The Kier molecular flexibility index (Phi) is 5.58. The van der Waals surface area contributed by atoms with Gasteiger partial charge in [0.1, 0.15) is 0 Å². The van der Waals surface area contributed by atoms with Crippen molar-refractivity contribution in [2.45, 2.75) is 6.54 Å². The minimum Gasteiger partial charge on any atom is -0.373 e. The van der Waals surface area contributed by atoms with E-state index in [0.717, 1.165) is 17.9 Å². The van der Waals surface area contributed by atoms with Crippen molar-refractivity contribution in [2.24, 2.45) is 0 Å². The van der Waals surface area contributed by atoms with Gasteiger partial charge >= 0.3 is 6.03 Å². The number of rotatable bonds is 6. The lowest BCUT2D eigenvalue weighted by atomic mass is 10.3. The van der Waals surface area contributed by atoms with Crippen molar-refractivity contribution in [1.29, 1.82) is 0 Å². The first kappa shape index (κ1) is 14.8. The Morgan fingerprint density at radius 2 is 1.86 bits per heavy atom. The van der Waals surface area contributed by atoms with E-state index in [1.807, 2.05) is 55.6 Å². The summed E-state index contributed by atoms with van der Waals surface area (Å²) >= 11 is 0. The number of hydrogen-bond acceptors (Lipinski definition) is 3. The number of nitrogens with one attached hydrogen (secondary N) is 2. The largest absolute Gasteiger partial charge is 0.373 e. The zero-order chi connectivity index (χ0) is 14.9. The number of hydrogen-bond donors (Lipinski definition) is 2. The predicted molar refractivity (Wildman–Crippen MR) is 84.2 cm³/mol. The fourth-order valence-corrected chi connectivity index (χ4v) is 1.88. The molecule has 1 aromatic carbocycles. The van der Waals surface area contributed by atoms with Gasteiger partial charge in [-0.2, -0.15) is 0 Å². The fourth-order valence-electron chi connectivity index (χ4n) is 1.88. The van der Waals surface area contributed by atoms with Crippen LogP contribution in [0.5, 0.6) is 0 Å². The summed E-state index contributed by atoms with van der Waals surface area (Å²) in [5.74, 6) is 0. The van der Waals surface area contributed by atoms with Gasteiger partial charge in [0.2, 0.25) is 0 Å². The number of para-hydroxylation sites is 1. The second-order valence-corrected chi connectivity index (χ2v) is 4.69. The molecule has 1 aromatic heterocycles. The third-order valence-corrected chi connectivity index (χ3v) is 3.09. The highest BCUT2D eigenvalue weighted by Gasteiger charge is 2.02. The lowest BCUT2D eigenvalue weighted by Gasteiger charge is -2.19. The van der Waals surface area contributed by atoms with Crippen LogP contribution in [0.2, 0.25) is 0 Å². The molecule has 0 spiro atoms. The van der Waals surface area contributed by atoms with Crippen LogP contribution in [0.4, 0.5) is 10.5 Å². The van der Waals surface area contributed by atoms with Gasteiger partial charge in [0.05, 0.1) is 12.2 Å². The summed E-state index contributed by atoms with van der Waals surface area (Å²) in [4.78, 5) is 17.9. The number of urea groups is 1. The molecule has 110 valence electrons. The van der Waals surface area contributed by atoms with Gasteiger partial charge in [-0.1, -0.05) is 24.3 Å². The first-order valence-corrected chi connectivity index (χ1v) is 6.93. The van der Waals surface area contributed by atoms with Crippen molar-refractivity contribution in [3.8, 4) is 0 Å². The maximum absolute atomic E-state index is 11.7. The third kappa shape index (κ3) is 5.14. The molecule has 21 heavy (non-hydrogen) atoms. The zero-order valence-electron chi connectivity index (χ0n) is 12.1. The normalized spacial score (nSPS) is 9.95. The smallest absolute Gasteiger partial charge is 0.315 e. The lowest BCUT2D eigenvalue weighted by molar-refractivity contribution is 0.240. The fraction of sp³-hybridized carbons (Fsp3) is 0.250. The molecule has 0 fully saturated rings. The third-order valence-electron chi connectivity index (χ3n) is 3.09. The topological polar surface area (TPSA) is 57.3 Å². The van der Waals surface area contributed by atoms with Gasteiger partial charge in [0, 0.05) is 32.0 Å². The molecule has 0 aliphatic rings. The van der Waals surface area contributed by atoms with Crippen LogP contribution in [-0.2, 0) is 6.54 Å². The van der Waals surface area contributed by atoms with Gasteiger partial charge in [-0.15, -0.1) is 0 Å². The highest BCUT2D eigenvalue weighted by atomic mass is 16.2. The van der Waals surface area contributed by atoms with Gasteiger partial charge in [-0.25, -0.2) is 4.79 Å². The van der Waals surface area contributed by atoms with E-state index in [-0.39, 0.29) is 6.03 Å². The molecule has 0 saturated heterocycles. The molecule has 0 aliphatic heterocycles. The summed E-state index contributed by atoms with van der Waals surface area (Å²) in [6, 6.07) is 15.5. The summed E-state index contributed by atoms with van der Waals surface area (Å²) < 4.78 is 0. The van der Waals surface area contributed by atoms with Crippen molar-refractivity contribution in [3.63, 3.8) is 0 Å². The van der Waals surface area contributed by atoms with Crippen LogP contribution in [0.15, 0.2) is 54.7 Å². The van der Waals surface area contributed by atoms with E-state index in [1.165, 1.54) is 0 Å². The summed E-state index contributed by atoms with van der Waals surface area (Å²) in [6.07, 6.45) is 1.71. The molecule has 0 saturated carbocycles. The number of amides is 2. The van der Waals surface area contributed by atoms with E-state index in [9.17, 15) is 4.79 Å². The highest BCUT2D eigenvalue weighted by Crippen LogP contribution is 2.09. The predicted octanol–water partition coefficient (Wildman–Crippen LogP) is 2.02. The summed E-state index contributed by atoms with van der Waals surface area (Å²) in [6.45, 7) is 1.77. The number of likely N-dealkylation sites (N-methyl/N-ethyl adjacent to an activating group) is 1. The van der Waals surface area contributed by atoms with Gasteiger partial charge < -0.3 is 15.5 Å². The van der Waals surface area contributed by atoms with Gasteiger partial charge in [-0.05, 0) is 24.3 Å². The number of pyridine rings is 1. The molecule has 1 heterocycles. The molecule has 5 heteroatoms. The summed E-state index contributed by atoms with van der Waals surface area (Å²) in [7, 11) is 2.00. The van der Waals surface area contributed by atoms with Crippen LogP contribution >= 0.6 is 0 Å². The molecule has 0 atom stereocenters. The minimum absolute atomic E-state index is 0.179. The van der Waals surface area contributed by atoms with Crippen LogP contribution in [0.1, 0.15) is 5.69 Å². The van der Waals surface area contributed by atoms with E-state index >= 15 is 0 Å². The van der Waals surface area contributed by atoms with Crippen LogP contribution in [-0.4, -0.2) is 31.2 Å². The van der Waals surface area contributed by atoms with Crippen molar-refractivity contribution in [2.75, 3.05) is 25.0 Å². The molecule has 0 aliphatic carbocycles. The zero-order valence-corrected chi connectivity index (χ0v) is 12.1. The second kappa shape index (κ2) is 7.89. The second-order valence-electron chi connectivity index (χ2n) is 4.69. The molecule has 0 bridgehead atoms.